The summed E-state index contributed by atoms with van der Waals surface area (Å²) in [7, 11) is 2.19. The second-order valence-electron chi connectivity index (χ2n) is 7.75. The van der Waals surface area contributed by atoms with E-state index in [1.54, 1.807) is 0 Å². The van der Waals surface area contributed by atoms with Crippen molar-refractivity contribution in [2.24, 2.45) is 0 Å². The molecule has 3 unspecified atom stereocenters. The van der Waals surface area contributed by atoms with E-state index in [1.807, 2.05) is 37.3 Å². The molecule has 0 saturated carbocycles. The topological polar surface area (TPSA) is 38.8 Å². The second kappa shape index (κ2) is 7.80. The van der Waals surface area contributed by atoms with Gasteiger partial charge in [0.2, 0.25) is 0 Å². The van der Waals surface area contributed by atoms with Crippen LogP contribution >= 0.6 is 15.9 Å². The van der Waals surface area contributed by atoms with Crippen molar-refractivity contribution in [3.63, 3.8) is 0 Å². The molecule has 0 radical (unpaired) electrons. The number of esters is 1. The van der Waals surface area contributed by atoms with Crippen LogP contribution in [0.4, 0.5) is 0 Å². The van der Waals surface area contributed by atoms with Crippen molar-refractivity contribution in [1.29, 1.82) is 0 Å². The van der Waals surface area contributed by atoms with E-state index in [0.29, 0.717) is 24.3 Å². The second-order valence-corrected chi connectivity index (χ2v) is 8.66. The molecule has 0 spiro atoms. The average Bonchev–Trinajstić information content (AvgIpc) is 2.87. The van der Waals surface area contributed by atoms with Crippen molar-refractivity contribution in [3.8, 4) is 5.75 Å². The third-order valence-corrected chi connectivity index (χ3v) is 6.52. The minimum atomic E-state index is -0.560. The highest BCUT2D eigenvalue weighted by molar-refractivity contribution is 9.10. The van der Waals surface area contributed by atoms with Gasteiger partial charge >= 0.3 is 5.97 Å². The predicted molar refractivity (Wildman–Crippen MR) is 110 cm³/mol. The van der Waals surface area contributed by atoms with Crippen molar-refractivity contribution in [1.82, 2.24) is 4.90 Å². The van der Waals surface area contributed by atoms with Crippen LogP contribution in [0.5, 0.6) is 5.75 Å². The molecule has 0 aromatic heterocycles. The molecular weight excluding hydrogens is 406 g/mol. The van der Waals surface area contributed by atoms with Crippen molar-refractivity contribution >= 4 is 32.7 Å². The summed E-state index contributed by atoms with van der Waals surface area (Å²) in [5, 5.41) is 2.22. The molecule has 2 aromatic rings. The molecule has 2 bridgehead atoms. The zero-order valence-electron chi connectivity index (χ0n) is 15.9. The monoisotopic (exact) mass is 431 g/mol. The summed E-state index contributed by atoms with van der Waals surface area (Å²) in [5.41, 5.74) is 0. The van der Waals surface area contributed by atoms with Crippen LogP contribution in [0.3, 0.4) is 0 Å². The molecule has 2 aliphatic rings. The van der Waals surface area contributed by atoms with E-state index < -0.39 is 6.10 Å². The molecule has 2 aromatic carbocycles. The van der Waals surface area contributed by atoms with Crippen LogP contribution < -0.4 is 4.74 Å². The Morgan fingerprint density at radius 2 is 1.81 bits per heavy atom. The van der Waals surface area contributed by atoms with E-state index in [-0.39, 0.29) is 12.1 Å². The molecule has 2 saturated heterocycles. The van der Waals surface area contributed by atoms with Gasteiger partial charge in [0, 0.05) is 16.6 Å². The van der Waals surface area contributed by atoms with E-state index in [0.717, 1.165) is 28.1 Å². The van der Waals surface area contributed by atoms with Crippen LogP contribution in [0.1, 0.15) is 39.0 Å². The van der Waals surface area contributed by atoms with Crippen LogP contribution in [-0.4, -0.2) is 42.2 Å². The summed E-state index contributed by atoms with van der Waals surface area (Å²) in [6.45, 7) is 1.96. The van der Waals surface area contributed by atoms with Crippen LogP contribution in [0, 0.1) is 0 Å². The van der Waals surface area contributed by atoms with Gasteiger partial charge in [-0.25, -0.2) is 4.79 Å². The van der Waals surface area contributed by atoms with Gasteiger partial charge in [-0.15, -0.1) is 0 Å². The maximum Gasteiger partial charge on any atom is 0.347 e. The third-order valence-electron chi connectivity index (χ3n) is 6.02. The molecule has 0 aliphatic carbocycles. The number of carbonyl (C=O) groups is 1. The maximum absolute atomic E-state index is 12.7. The third kappa shape index (κ3) is 3.99. The Hall–Kier alpha value is -1.59. The zero-order chi connectivity index (χ0) is 19.0. The van der Waals surface area contributed by atoms with E-state index in [1.165, 1.54) is 12.8 Å². The first-order chi connectivity index (χ1) is 13.0. The fraction of sp³-hybridized carbons (Fsp3) is 0.500. The minimum Gasteiger partial charge on any atom is -0.479 e. The largest absolute Gasteiger partial charge is 0.479 e. The number of benzene rings is 2. The number of rotatable bonds is 5. The summed E-state index contributed by atoms with van der Waals surface area (Å²) in [6.07, 6.45) is 4.39. The lowest BCUT2D eigenvalue weighted by atomic mass is 10.0. The molecule has 0 amide bonds. The highest BCUT2D eigenvalue weighted by atomic mass is 79.9. The van der Waals surface area contributed by atoms with Crippen LogP contribution in [0.2, 0.25) is 0 Å². The summed E-state index contributed by atoms with van der Waals surface area (Å²) < 4.78 is 12.9. The standard InChI is InChI=1S/C22H26BrNO3/c1-3-21(22(25)27-20-12-17-7-8-18(13-20)24(17)2)26-19-9-5-14-10-16(23)6-4-15(14)11-19/h4-6,9-11,17-18,20-21H,3,7-8,12-13H2,1-2H3. The SMILES string of the molecule is CCC(Oc1ccc2cc(Br)ccc2c1)C(=O)OC1CC2CCC(C1)N2C. The Morgan fingerprint density at radius 3 is 2.52 bits per heavy atom. The number of hydrogen-bond acceptors (Lipinski definition) is 4. The molecule has 144 valence electrons. The normalized spacial score (nSPS) is 26.1. The van der Waals surface area contributed by atoms with Gasteiger partial charge in [-0.1, -0.05) is 35.0 Å². The van der Waals surface area contributed by atoms with Gasteiger partial charge < -0.3 is 14.4 Å². The van der Waals surface area contributed by atoms with E-state index >= 15 is 0 Å². The molecule has 4 nitrogen and oxygen atoms in total. The average molecular weight is 432 g/mol. The molecule has 2 fully saturated rings. The molecule has 5 heteroatoms. The number of halogens is 1. The first-order valence-corrected chi connectivity index (χ1v) is 10.6. The lowest BCUT2D eigenvalue weighted by Gasteiger charge is -2.36. The van der Waals surface area contributed by atoms with Gasteiger partial charge in [-0.2, -0.15) is 0 Å². The van der Waals surface area contributed by atoms with Gasteiger partial charge in [0.1, 0.15) is 11.9 Å². The Labute approximate surface area is 168 Å². The van der Waals surface area contributed by atoms with Crippen LogP contribution in [-0.2, 0) is 9.53 Å². The highest BCUT2D eigenvalue weighted by Crippen LogP contribution is 2.35. The van der Waals surface area contributed by atoms with Gasteiger partial charge in [-0.05, 0) is 74.2 Å². The Kier molecular flexibility index (Phi) is 5.42. The zero-order valence-corrected chi connectivity index (χ0v) is 17.4. The number of ether oxygens (including phenoxy) is 2. The molecular formula is C22H26BrNO3. The smallest absolute Gasteiger partial charge is 0.347 e. The van der Waals surface area contributed by atoms with Crippen molar-refractivity contribution in [2.75, 3.05) is 7.05 Å². The number of fused-ring (bicyclic) bond motifs is 3. The highest BCUT2D eigenvalue weighted by Gasteiger charge is 2.40. The lowest BCUT2D eigenvalue weighted by Crippen LogP contribution is -2.44. The van der Waals surface area contributed by atoms with E-state index in [4.69, 9.17) is 9.47 Å². The molecule has 0 N–H and O–H groups in total. The van der Waals surface area contributed by atoms with Gasteiger partial charge in [0.15, 0.2) is 6.10 Å². The predicted octanol–water partition coefficient (Wildman–Crippen LogP) is 4.93. The number of hydrogen-bond donors (Lipinski definition) is 0. The lowest BCUT2D eigenvalue weighted by molar-refractivity contribution is -0.160. The van der Waals surface area contributed by atoms with Crippen LogP contribution in [0.25, 0.3) is 10.8 Å². The fourth-order valence-corrected chi connectivity index (χ4v) is 4.81. The van der Waals surface area contributed by atoms with Crippen molar-refractivity contribution in [3.05, 3.63) is 40.9 Å². The summed E-state index contributed by atoms with van der Waals surface area (Å²) in [6, 6.07) is 13.1. The van der Waals surface area contributed by atoms with Gasteiger partial charge in [0.25, 0.3) is 0 Å². The molecule has 27 heavy (non-hydrogen) atoms. The molecule has 3 atom stereocenters. The quantitative estimate of drug-likeness (QED) is 0.629. The van der Waals surface area contributed by atoms with Crippen molar-refractivity contribution in [2.45, 2.75) is 63.3 Å². The Morgan fingerprint density at radius 1 is 1.15 bits per heavy atom. The maximum atomic E-state index is 12.7. The molecule has 2 heterocycles. The molecule has 4 rings (SSSR count). The van der Waals surface area contributed by atoms with Gasteiger partial charge in [0.05, 0.1) is 0 Å². The Bertz CT molecular complexity index is 825. The Balaban J connectivity index is 1.41. The minimum absolute atomic E-state index is 0.0257. The van der Waals surface area contributed by atoms with E-state index in [2.05, 4.69) is 33.9 Å². The number of nitrogens with zero attached hydrogens (tertiary/aromatic N) is 1. The van der Waals surface area contributed by atoms with Crippen molar-refractivity contribution < 1.29 is 14.3 Å². The summed E-state index contributed by atoms with van der Waals surface area (Å²) >= 11 is 3.49. The summed E-state index contributed by atoms with van der Waals surface area (Å²) in [5.74, 6) is 0.472. The number of carbonyl (C=O) groups excluding carboxylic acids is 1. The first kappa shape index (κ1) is 18.8. The first-order valence-electron chi connectivity index (χ1n) is 9.82. The van der Waals surface area contributed by atoms with Gasteiger partial charge in [-0.3, -0.25) is 0 Å². The van der Waals surface area contributed by atoms with E-state index in [9.17, 15) is 4.79 Å². The molecule has 2 aliphatic heterocycles. The summed E-state index contributed by atoms with van der Waals surface area (Å²) in [4.78, 5) is 15.2. The van der Waals surface area contributed by atoms with Crippen LogP contribution in [0.15, 0.2) is 40.9 Å². The fourth-order valence-electron chi connectivity index (χ4n) is 4.43. The number of piperidine rings is 1.